The van der Waals surface area contributed by atoms with E-state index in [9.17, 15) is 14.4 Å². The topological polar surface area (TPSA) is 66.5 Å². The molecule has 5 nitrogen and oxygen atoms in total. The lowest BCUT2D eigenvalue weighted by molar-refractivity contribution is -0.105. The van der Waals surface area contributed by atoms with Gasteiger partial charge < -0.3 is 10.2 Å². The molecule has 124 valence electrons. The summed E-state index contributed by atoms with van der Waals surface area (Å²) < 4.78 is 0. The maximum absolute atomic E-state index is 12.9. The summed E-state index contributed by atoms with van der Waals surface area (Å²) >= 11 is 0. The minimum atomic E-state index is -0.174. The van der Waals surface area contributed by atoms with E-state index in [1.54, 1.807) is 47.4 Å². The first-order chi connectivity index (χ1) is 11.6. The maximum Gasteiger partial charge on any atom is 0.258 e. The Morgan fingerprint density at radius 3 is 2.25 bits per heavy atom. The van der Waals surface area contributed by atoms with Crippen LogP contribution >= 0.6 is 0 Å². The maximum atomic E-state index is 12.9. The molecular weight excluding hydrogens is 304 g/mol. The van der Waals surface area contributed by atoms with E-state index >= 15 is 0 Å². The minimum Gasteiger partial charge on any atom is -0.327 e. The molecule has 2 aromatic carbocycles. The van der Waals surface area contributed by atoms with Crippen molar-refractivity contribution in [3.8, 4) is 0 Å². The number of hydrogen-bond donors (Lipinski definition) is 1. The molecule has 0 unspecified atom stereocenters. The molecule has 0 aromatic heterocycles. The van der Waals surface area contributed by atoms with Crippen LogP contribution in [0.4, 0.5) is 11.4 Å². The first-order valence-electron chi connectivity index (χ1n) is 7.80. The van der Waals surface area contributed by atoms with Gasteiger partial charge in [0.15, 0.2) is 5.78 Å². The van der Waals surface area contributed by atoms with E-state index in [2.05, 4.69) is 5.32 Å². The van der Waals surface area contributed by atoms with Crippen LogP contribution in [0.25, 0.3) is 0 Å². The van der Waals surface area contributed by atoms with Crippen molar-refractivity contribution >= 4 is 29.5 Å². The lowest BCUT2D eigenvalue weighted by Crippen LogP contribution is -2.32. The Morgan fingerprint density at radius 2 is 1.67 bits per heavy atom. The Bertz CT molecular complexity index is 739. The predicted octanol–water partition coefficient (Wildman–Crippen LogP) is 3.51. The lowest BCUT2D eigenvalue weighted by Gasteiger charge is -2.24. The zero-order valence-corrected chi connectivity index (χ0v) is 13.8. The van der Waals surface area contributed by atoms with Crippen molar-refractivity contribution in [1.29, 1.82) is 0 Å². The Kier molecular flexibility index (Phi) is 5.84. The van der Waals surface area contributed by atoms with E-state index in [-0.39, 0.29) is 11.7 Å². The second-order valence-electron chi connectivity index (χ2n) is 5.37. The van der Waals surface area contributed by atoms with Crippen molar-refractivity contribution in [3.05, 3.63) is 59.7 Å². The summed E-state index contributed by atoms with van der Waals surface area (Å²) in [6.45, 7) is 3.99. The molecule has 0 spiro atoms. The van der Waals surface area contributed by atoms with E-state index in [1.807, 2.05) is 13.0 Å². The molecule has 0 heterocycles. The number of amides is 2. The Balaban J connectivity index is 2.38. The molecule has 0 atom stereocenters. The third kappa shape index (κ3) is 3.87. The highest BCUT2D eigenvalue weighted by Crippen LogP contribution is 2.27. The van der Waals surface area contributed by atoms with Gasteiger partial charge in [0.1, 0.15) is 0 Å². The smallest absolute Gasteiger partial charge is 0.258 e. The van der Waals surface area contributed by atoms with Crippen LogP contribution in [0.1, 0.15) is 41.0 Å². The highest BCUT2D eigenvalue weighted by atomic mass is 16.2. The molecule has 0 saturated carbocycles. The van der Waals surface area contributed by atoms with Crippen molar-refractivity contribution in [2.45, 2.75) is 20.3 Å². The third-order valence-electron chi connectivity index (χ3n) is 3.64. The van der Waals surface area contributed by atoms with Crippen LogP contribution < -0.4 is 10.2 Å². The Labute approximate surface area is 141 Å². The fraction of sp³-hybridized carbons (Fsp3) is 0.211. The summed E-state index contributed by atoms with van der Waals surface area (Å²) in [7, 11) is 0. The minimum absolute atomic E-state index is 0.0417. The van der Waals surface area contributed by atoms with Crippen LogP contribution in [0.15, 0.2) is 48.5 Å². The van der Waals surface area contributed by atoms with Gasteiger partial charge in [-0.25, -0.2) is 0 Å². The van der Waals surface area contributed by atoms with Crippen molar-refractivity contribution < 1.29 is 14.4 Å². The number of hydrogen-bond acceptors (Lipinski definition) is 3. The van der Waals surface area contributed by atoms with Crippen LogP contribution in [0.3, 0.4) is 0 Å². The molecule has 2 rings (SSSR count). The average molecular weight is 324 g/mol. The fourth-order valence-corrected chi connectivity index (χ4v) is 2.45. The number of benzene rings is 2. The Hall–Kier alpha value is -2.95. The molecule has 2 amide bonds. The van der Waals surface area contributed by atoms with Gasteiger partial charge >= 0.3 is 0 Å². The molecular formula is C19H20N2O3. The zero-order chi connectivity index (χ0) is 17.5. The summed E-state index contributed by atoms with van der Waals surface area (Å²) in [6.07, 6.45) is 1.36. The van der Waals surface area contributed by atoms with Crippen LogP contribution in [0.5, 0.6) is 0 Å². The molecule has 5 heteroatoms. The van der Waals surface area contributed by atoms with E-state index in [1.165, 1.54) is 6.92 Å². The van der Waals surface area contributed by atoms with Gasteiger partial charge in [0.2, 0.25) is 6.41 Å². The molecule has 0 fully saturated rings. The quantitative estimate of drug-likeness (QED) is 0.626. The predicted molar refractivity (Wildman–Crippen MR) is 94.5 cm³/mol. The van der Waals surface area contributed by atoms with Crippen LogP contribution in [0, 0.1) is 0 Å². The van der Waals surface area contributed by atoms with Crippen LogP contribution in [-0.2, 0) is 4.79 Å². The van der Waals surface area contributed by atoms with Gasteiger partial charge in [0, 0.05) is 17.7 Å². The number of ketones is 1. The molecule has 0 radical (unpaired) electrons. The molecule has 0 aliphatic heterocycles. The molecule has 0 aliphatic rings. The van der Waals surface area contributed by atoms with Crippen molar-refractivity contribution in [2.24, 2.45) is 0 Å². The van der Waals surface area contributed by atoms with Gasteiger partial charge in [-0.05, 0) is 37.6 Å². The standard InChI is InChI=1S/C19H20N2O3/c1-3-12-21(18-7-5-4-6-17(18)20-13-22)19(24)16-10-8-15(9-11-16)14(2)23/h4-11,13H,3,12H2,1-2H3,(H,20,22). The SMILES string of the molecule is CCCN(C(=O)c1ccc(C(C)=O)cc1)c1ccccc1NC=O. The molecule has 1 N–H and O–H groups in total. The van der Waals surface area contributed by atoms with Gasteiger partial charge in [-0.15, -0.1) is 0 Å². The van der Waals surface area contributed by atoms with Gasteiger partial charge in [0.25, 0.3) is 5.91 Å². The fourth-order valence-electron chi connectivity index (χ4n) is 2.45. The first-order valence-corrected chi connectivity index (χ1v) is 7.80. The Morgan fingerprint density at radius 1 is 1.04 bits per heavy atom. The van der Waals surface area contributed by atoms with Gasteiger partial charge in [0.05, 0.1) is 11.4 Å². The summed E-state index contributed by atoms with van der Waals surface area (Å²) in [6, 6.07) is 13.8. The average Bonchev–Trinajstić information content (AvgIpc) is 2.60. The molecule has 0 aliphatic carbocycles. The van der Waals surface area contributed by atoms with Crippen molar-refractivity contribution in [3.63, 3.8) is 0 Å². The third-order valence-corrected chi connectivity index (χ3v) is 3.64. The summed E-state index contributed by atoms with van der Waals surface area (Å²) in [5, 5.41) is 2.63. The van der Waals surface area contributed by atoms with E-state index in [4.69, 9.17) is 0 Å². The van der Waals surface area contributed by atoms with Crippen LogP contribution in [-0.4, -0.2) is 24.6 Å². The number of anilines is 2. The summed E-state index contributed by atoms with van der Waals surface area (Å²) in [5.74, 6) is -0.216. The van der Waals surface area contributed by atoms with E-state index < -0.39 is 0 Å². The number of carbonyl (C=O) groups excluding carboxylic acids is 3. The summed E-state index contributed by atoms with van der Waals surface area (Å²) in [4.78, 5) is 36.7. The number of carbonyl (C=O) groups is 3. The number of Topliss-reactive ketones (excluding diaryl/α,β-unsaturated/α-hetero) is 1. The monoisotopic (exact) mass is 324 g/mol. The lowest BCUT2D eigenvalue weighted by atomic mass is 10.1. The van der Waals surface area contributed by atoms with Gasteiger partial charge in [-0.1, -0.05) is 31.2 Å². The molecule has 0 saturated heterocycles. The number of nitrogens with one attached hydrogen (secondary N) is 1. The summed E-state index contributed by atoms with van der Waals surface area (Å²) in [5.41, 5.74) is 2.28. The van der Waals surface area contributed by atoms with Crippen molar-refractivity contribution in [2.75, 3.05) is 16.8 Å². The highest BCUT2D eigenvalue weighted by Gasteiger charge is 2.19. The second-order valence-corrected chi connectivity index (χ2v) is 5.37. The molecule has 0 bridgehead atoms. The second kappa shape index (κ2) is 8.06. The number of para-hydroxylation sites is 2. The van der Waals surface area contributed by atoms with E-state index in [0.717, 1.165) is 6.42 Å². The number of rotatable bonds is 7. The largest absolute Gasteiger partial charge is 0.327 e. The number of nitrogens with zero attached hydrogens (tertiary/aromatic N) is 1. The van der Waals surface area contributed by atoms with Gasteiger partial charge in [-0.2, -0.15) is 0 Å². The normalized spacial score (nSPS) is 10.1. The van der Waals surface area contributed by atoms with Crippen LogP contribution in [0.2, 0.25) is 0 Å². The molecule has 24 heavy (non-hydrogen) atoms. The zero-order valence-electron chi connectivity index (χ0n) is 13.8. The van der Waals surface area contributed by atoms with Gasteiger partial charge in [-0.3, -0.25) is 14.4 Å². The van der Waals surface area contributed by atoms with E-state index in [0.29, 0.717) is 35.5 Å². The highest BCUT2D eigenvalue weighted by molar-refractivity contribution is 6.08. The molecule has 2 aromatic rings. The van der Waals surface area contributed by atoms with Crippen molar-refractivity contribution in [1.82, 2.24) is 0 Å². The first kappa shape index (κ1) is 17.4.